The molecule has 3 nitrogen and oxygen atoms in total. The lowest BCUT2D eigenvalue weighted by atomic mass is 10.2. The molecule has 0 heterocycles. The number of carbonyl (C=O) groups is 1. The Kier molecular flexibility index (Phi) is 5.22. The third-order valence-corrected chi connectivity index (χ3v) is 3.68. The van der Waals surface area contributed by atoms with Crippen LogP contribution < -0.4 is 10.6 Å². The summed E-state index contributed by atoms with van der Waals surface area (Å²) in [6.45, 7) is 1.78. The molecule has 0 bridgehead atoms. The van der Waals surface area contributed by atoms with Gasteiger partial charge in [0, 0.05) is 16.3 Å². The fourth-order valence-electron chi connectivity index (χ4n) is 1.81. The number of hydrogen-bond acceptors (Lipinski definition) is 3. The fraction of sp³-hybridized carbons (Fsp3) is 0.188. The van der Waals surface area contributed by atoms with E-state index in [1.807, 2.05) is 30.5 Å². The molecule has 0 aliphatic rings. The number of carbonyl (C=O) groups excluding carboxylic acids is 1. The van der Waals surface area contributed by atoms with E-state index in [9.17, 15) is 9.18 Å². The van der Waals surface area contributed by atoms with Crippen molar-refractivity contribution in [1.29, 1.82) is 0 Å². The second-order valence-corrected chi connectivity index (χ2v) is 5.47. The molecule has 0 saturated carbocycles. The van der Waals surface area contributed by atoms with Gasteiger partial charge >= 0.3 is 0 Å². The highest BCUT2D eigenvalue weighted by atomic mass is 32.2. The molecule has 2 aromatic carbocycles. The topological polar surface area (TPSA) is 41.1 Å². The van der Waals surface area contributed by atoms with Crippen LogP contribution in [0.4, 0.5) is 15.8 Å². The van der Waals surface area contributed by atoms with E-state index >= 15 is 0 Å². The zero-order valence-electron chi connectivity index (χ0n) is 11.9. The largest absolute Gasteiger partial charge is 0.374 e. The molecule has 0 aromatic heterocycles. The van der Waals surface area contributed by atoms with Crippen molar-refractivity contribution in [2.45, 2.75) is 17.9 Å². The molecule has 0 radical (unpaired) electrons. The van der Waals surface area contributed by atoms with E-state index in [4.69, 9.17) is 0 Å². The van der Waals surface area contributed by atoms with Crippen molar-refractivity contribution in [2.24, 2.45) is 0 Å². The normalized spacial score (nSPS) is 11.8. The fourth-order valence-corrected chi connectivity index (χ4v) is 2.27. The lowest BCUT2D eigenvalue weighted by Gasteiger charge is -2.15. The smallest absolute Gasteiger partial charge is 0.246 e. The van der Waals surface area contributed by atoms with E-state index in [0.29, 0.717) is 5.69 Å². The molecule has 2 aromatic rings. The second kappa shape index (κ2) is 7.13. The predicted molar refractivity (Wildman–Crippen MR) is 86.3 cm³/mol. The zero-order chi connectivity index (χ0) is 15.2. The first-order valence-corrected chi connectivity index (χ1v) is 7.78. The summed E-state index contributed by atoms with van der Waals surface area (Å²) in [7, 11) is 0. The van der Waals surface area contributed by atoms with Gasteiger partial charge < -0.3 is 10.6 Å². The zero-order valence-corrected chi connectivity index (χ0v) is 12.7. The van der Waals surface area contributed by atoms with Crippen molar-refractivity contribution in [2.75, 3.05) is 16.9 Å². The molecule has 1 atom stereocenters. The summed E-state index contributed by atoms with van der Waals surface area (Å²) in [5, 5.41) is 5.89. The Morgan fingerprint density at radius 3 is 2.52 bits per heavy atom. The summed E-state index contributed by atoms with van der Waals surface area (Å²) in [6.07, 6.45) is 2.00. The van der Waals surface area contributed by atoms with Crippen molar-refractivity contribution in [3.8, 4) is 0 Å². The first-order valence-electron chi connectivity index (χ1n) is 6.55. The molecule has 2 N–H and O–H groups in total. The summed E-state index contributed by atoms with van der Waals surface area (Å²) >= 11 is 1.65. The molecule has 0 aliphatic carbocycles. The van der Waals surface area contributed by atoms with Gasteiger partial charge in [0.2, 0.25) is 5.91 Å². The molecule has 21 heavy (non-hydrogen) atoms. The maximum absolute atomic E-state index is 12.8. The van der Waals surface area contributed by atoms with E-state index in [1.54, 1.807) is 18.7 Å². The predicted octanol–water partition coefficient (Wildman–Crippen LogP) is 3.99. The van der Waals surface area contributed by atoms with E-state index < -0.39 is 6.04 Å². The first kappa shape index (κ1) is 15.4. The maximum Gasteiger partial charge on any atom is 0.246 e. The standard InChI is InChI=1S/C16H17FN2OS/c1-11(18-14-4-3-5-15(10-14)21-2)16(20)19-13-8-6-12(17)7-9-13/h3-11,18H,1-2H3,(H,19,20)/t11-/m1/s1. The van der Waals surface area contributed by atoms with E-state index in [-0.39, 0.29) is 11.7 Å². The lowest BCUT2D eigenvalue weighted by molar-refractivity contribution is -0.116. The summed E-state index contributed by atoms with van der Waals surface area (Å²) in [5.41, 5.74) is 1.47. The molecular formula is C16H17FN2OS. The van der Waals surface area contributed by atoms with Crippen LogP contribution in [0.1, 0.15) is 6.92 Å². The molecule has 0 saturated heterocycles. The third-order valence-electron chi connectivity index (χ3n) is 2.96. The van der Waals surface area contributed by atoms with Gasteiger partial charge in [-0.15, -0.1) is 11.8 Å². The average molecular weight is 304 g/mol. The van der Waals surface area contributed by atoms with E-state index in [2.05, 4.69) is 10.6 Å². The van der Waals surface area contributed by atoms with Crippen LogP contribution >= 0.6 is 11.8 Å². The van der Waals surface area contributed by atoms with Crippen LogP contribution in [0.3, 0.4) is 0 Å². The molecule has 0 fully saturated rings. The van der Waals surface area contributed by atoms with Gasteiger partial charge in [-0.3, -0.25) is 4.79 Å². The average Bonchev–Trinajstić information content (AvgIpc) is 2.49. The summed E-state index contributed by atoms with van der Waals surface area (Å²) in [6, 6.07) is 13.2. The van der Waals surface area contributed by atoms with Gasteiger partial charge in [-0.05, 0) is 55.6 Å². The third kappa shape index (κ3) is 4.49. The van der Waals surface area contributed by atoms with Crippen molar-refractivity contribution in [3.63, 3.8) is 0 Å². The minimum absolute atomic E-state index is 0.170. The van der Waals surface area contributed by atoms with Crippen molar-refractivity contribution in [1.82, 2.24) is 0 Å². The van der Waals surface area contributed by atoms with Crippen LogP contribution in [0.15, 0.2) is 53.4 Å². The monoisotopic (exact) mass is 304 g/mol. The Bertz CT molecular complexity index is 616. The minimum atomic E-state index is -0.396. The molecule has 110 valence electrons. The van der Waals surface area contributed by atoms with Gasteiger partial charge in [0.25, 0.3) is 0 Å². The minimum Gasteiger partial charge on any atom is -0.374 e. The molecular weight excluding hydrogens is 287 g/mol. The molecule has 0 unspecified atom stereocenters. The Morgan fingerprint density at radius 2 is 1.86 bits per heavy atom. The number of nitrogens with one attached hydrogen (secondary N) is 2. The number of benzene rings is 2. The number of amides is 1. The molecule has 5 heteroatoms. The Hall–Kier alpha value is -2.01. The highest BCUT2D eigenvalue weighted by Gasteiger charge is 2.12. The first-order chi connectivity index (χ1) is 10.1. The number of hydrogen-bond donors (Lipinski definition) is 2. The van der Waals surface area contributed by atoms with E-state index in [1.165, 1.54) is 24.3 Å². The summed E-state index contributed by atoms with van der Waals surface area (Å²) in [4.78, 5) is 13.2. The maximum atomic E-state index is 12.8. The van der Waals surface area contributed by atoms with Crippen molar-refractivity contribution in [3.05, 3.63) is 54.3 Å². The highest BCUT2D eigenvalue weighted by molar-refractivity contribution is 7.98. The van der Waals surface area contributed by atoms with Crippen molar-refractivity contribution >= 4 is 29.0 Å². The van der Waals surface area contributed by atoms with Crippen LogP contribution in [0.5, 0.6) is 0 Å². The number of thioether (sulfide) groups is 1. The molecule has 2 rings (SSSR count). The molecule has 0 spiro atoms. The van der Waals surface area contributed by atoms with Gasteiger partial charge in [-0.1, -0.05) is 6.07 Å². The van der Waals surface area contributed by atoms with Crippen LogP contribution in [0.25, 0.3) is 0 Å². The van der Waals surface area contributed by atoms with Crippen molar-refractivity contribution < 1.29 is 9.18 Å². The SMILES string of the molecule is CSc1cccc(N[C@H](C)C(=O)Nc2ccc(F)cc2)c1. The van der Waals surface area contributed by atoms with Gasteiger partial charge in [-0.25, -0.2) is 4.39 Å². The lowest BCUT2D eigenvalue weighted by Crippen LogP contribution is -2.31. The van der Waals surface area contributed by atoms with E-state index in [0.717, 1.165) is 10.6 Å². The quantitative estimate of drug-likeness (QED) is 0.821. The van der Waals surface area contributed by atoms with Gasteiger partial charge in [-0.2, -0.15) is 0 Å². The van der Waals surface area contributed by atoms with Crippen LogP contribution in [0, 0.1) is 5.82 Å². The Morgan fingerprint density at radius 1 is 1.14 bits per heavy atom. The van der Waals surface area contributed by atoms with Gasteiger partial charge in [0.1, 0.15) is 11.9 Å². The summed E-state index contributed by atoms with van der Waals surface area (Å²) < 4.78 is 12.8. The number of halogens is 1. The second-order valence-electron chi connectivity index (χ2n) is 4.59. The van der Waals surface area contributed by atoms with Crippen LogP contribution in [-0.4, -0.2) is 18.2 Å². The Balaban J connectivity index is 1.97. The van der Waals surface area contributed by atoms with Crippen LogP contribution in [-0.2, 0) is 4.79 Å². The summed E-state index contributed by atoms with van der Waals surface area (Å²) in [5.74, 6) is -0.496. The Labute approximate surface area is 127 Å². The van der Waals surface area contributed by atoms with Gasteiger partial charge in [0.15, 0.2) is 0 Å². The molecule has 0 aliphatic heterocycles. The number of rotatable bonds is 5. The van der Waals surface area contributed by atoms with Gasteiger partial charge in [0.05, 0.1) is 0 Å². The molecule has 1 amide bonds. The number of anilines is 2. The van der Waals surface area contributed by atoms with Crippen LogP contribution in [0.2, 0.25) is 0 Å². The highest BCUT2D eigenvalue weighted by Crippen LogP contribution is 2.19.